The molecule has 2 heterocycles. The monoisotopic (exact) mass is 378 g/mol. The normalized spacial score (nSPS) is 17.5. The number of aliphatic hydroxyl groups excluding tert-OH is 1. The molecule has 1 saturated heterocycles. The molecule has 1 fully saturated rings. The van der Waals surface area contributed by atoms with Gasteiger partial charge in [-0.1, -0.05) is 38.5 Å². The minimum atomic E-state index is -0.541. The third-order valence-corrected chi connectivity index (χ3v) is 5.18. The highest BCUT2D eigenvalue weighted by atomic mass is 16.5. The first kappa shape index (κ1) is 20.3. The average Bonchev–Trinajstić information content (AvgIpc) is 2.80. The number of hydrogen-bond donors (Lipinski definition) is 2. The van der Waals surface area contributed by atoms with Gasteiger partial charge in [-0.05, 0) is 61.3 Å². The van der Waals surface area contributed by atoms with Crippen LogP contribution in [0.15, 0.2) is 54.6 Å². The summed E-state index contributed by atoms with van der Waals surface area (Å²) in [5.74, 6) is 0.821. The van der Waals surface area contributed by atoms with Crippen molar-refractivity contribution in [3.8, 4) is 17.0 Å². The highest BCUT2D eigenvalue weighted by Gasteiger charge is 2.25. The van der Waals surface area contributed by atoms with Crippen molar-refractivity contribution in [2.45, 2.75) is 45.3 Å². The lowest BCUT2D eigenvalue weighted by Crippen LogP contribution is -2.38. The van der Waals surface area contributed by atoms with Crippen molar-refractivity contribution < 1.29 is 9.84 Å². The van der Waals surface area contributed by atoms with E-state index in [4.69, 9.17) is 9.72 Å². The molecular weight excluding hydrogens is 348 g/mol. The molecule has 1 aromatic heterocycles. The topological polar surface area (TPSA) is 54.4 Å². The highest BCUT2D eigenvalue weighted by molar-refractivity contribution is 5.85. The van der Waals surface area contributed by atoms with E-state index >= 15 is 0 Å². The van der Waals surface area contributed by atoms with Gasteiger partial charge in [0.25, 0.3) is 0 Å². The Morgan fingerprint density at radius 1 is 1.07 bits per heavy atom. The summed E-state index contributed by atoms with van der Waals surface area (Å²) < 4.78 is 5.25. The Morgan fingerprint density at radius 2 is 1.82 bits per heavy atom. The Balaban J connectivity index is 0.00000109. The van der Waals surface area contributed by atoms with E-state index < -0.39 is 6.10 Å². The third-order valence-electron chi connectivity index (χ3n) is 5.18. The maximum absolute atomic E-state index is 11.1. The summed E-state index contributed by atoms with van der Waals surface area (Å²) in [5, 5.41) is 15.6. The number of rotatable bonds is 4. The summed E-state index contributed by atoms with van der Waals surface area (Å²) in [6.07, 6.45) is 2.79. The molecule has 2 atom stereocenters. The summed E-state index contributed by atoms with van der Waals surface area (Å²) in [5.41, 5.74) is 3.74. The van der Waals surface area contributed by atoms with Gasteiger partial charge >= 0.3 is 0 Å². The van der Waals surface area contributed by atoms with Crippen LogP contribution in [0.2, 0.25) is 0 Å². The van der Waals surface area contributed by atoms with E-state index in [1.165, 1.54) is 6.42 Å². The van der Waals surface area contributed by atoms with E-state index in [-0.39, 0.29) is 6.04 Å². The van der Waals surface area contributed by atoms with E-state index in [2.05, 4.69) is 5.32 Å². The molecule has 0 aliphatic carbocycles. The largest absolute Gasteiger partial charge is 0.497 e. The Labute approximate surface area is 167 Å². The zero-order valence-electron chi connectivity index (χ0n) is 17.0. The fraction of sp³-hybridized carbons (Fsp3) is 0.375. The Hall–Kier alpha value is -2.43. The number of methoxy groups -OCH3 is 1. The van der Waals surface area contributed by atoms with Gasteiger partial charge in [-0.15, -0.1) is 0 Å². The smallest absolute Gasteiger partial charge is 0.118 e. The number of ether oxygens (including phenoxy) is 1. The summed E-state index contributed by atoms with van der Waals surface area (Å²) in [6.45, 7) is 4.97. The van der Waals surface area contributed by atoms with Gasteiger partial charge in [-0.3, -0.25) is 0 Å². The third kappa shape index (κ3) is 4.34. The fourth-order valence-corrected chi connectivity index (χ4v) is 3.72. The van der Waals surface area contributed by atoms with Crippen molar-refractivity contribution in [3.63, 3.8) is 0 Å². The van der Waals surface area contributed by atoms with Crippen LogP contribution in [0.4, 0.5) is 0 Å². The lowest BCUT2D eigenvalue weighted by Gasteiger charge is -2.29. The molecule has 2 aromatic carbocycles. The molecule has 4 nitrogen and oxygen atoms in total. The maximum Gasteiger partial charge on any atom is 0.118 e. The second-order valence-electron chi connectivity index (χ2n) is 6.84. The van der Waals surface area contributed by atoms with Crippen molar-refractivity contribution in [2.75, 3.05) is 13.7 Å². The minimum Gasteiger partial charge on any atom is -0.497 e. The molecule has 0 amide bonds. The van der Waals surface area contributed by atoms with E-state index in [0.29, 0.717) is 0 Å². The van der Waals surface area contributed by atoms with Crippen LogP contribution in [0.25, 0.3) is 22.2 Å². The van der Waals surface area contributed by atoms with Gasteiger partial charge in [0.15, 0.2) is 0 Å². The van der Waals surface area contributed by atoms with Crippen LogP contribution < -0.4 is 10.1 Å². The zero-order chi connectivity index (χ0) is 19.9. The van der Waals surface area contributed by atoms with Gasteiger partial charge in [0.2, 0.25) is 0 Å². The maximum atomic E-state index is 11.1. The van der Waals surface area contributed by atoms with Gasteiger partial charge in [0.1, 0.15) is 5.75 Å². The van der Waals surface area contributed by atoms with E-state index in [0.717, 1.165) is 52.9 Å². The number of pyridine rings is 1. The van der Waals surface area contributed by atoms with Crippen LogP contribution >= 0.6 is 0 Å². The van der Waals surface area contributed by atoms with Crippen LogP contribution in [0.1, 0.15) is 44.8 Å². The number of nitrogens with zero attached hydrogens (tertiary/aromatic N) is 1. The minimum absolute atomic E-state index is 0.0956. The van der Waals surface area contributed by atoms with Crippen molar-refractivity contribution >= 4 is 10.9 Å². The Kier molecular flexibility index (Phi) is 7.01. The summed E-state index contributed by atoms with van der Waals surface area (Å²) in [7, 11) is 1.66. The number of piperidine rings is 1. The summed E-state index contributed by atoms with van der Waals surface area (Å²) in [4.78, 5) is 4.82. The Bertz CT molecular complexity index is 887. The van der Waals surface area contributed by atoms with Crippen molar-refractivity contribution in [3.05, 3.63) is 60.2 Å². The molecular formula is C24H30N2O2. The first-order chi connectivity index (χ1) is 13.8. The molecule has 2 N–H and O–H groups in total. The molecule has 1 aliphatic rings. The van der Waals surface area contributed by atoms with Gasteiger partial charge in [-0.25, -0.2) is 4.98 Å². The molecule has 3 aromatic rings. The number of para-hydroxylation sites is 1. The van der Waals surface area contributed by atoms with Crippen LogP contribution in [0, 0.1) is 0 Å². The first-order valence-electron chi connectivity index (χ1n) is 10.2. The fourth-order valence-electron chi connectivity index (χ4n) is 3.72. The highest BCUT2D eigenvalue weighted by Crippen LogP contribution is 2.32. The van der Waals surface area contributed by atoms with E-state index in [1.807, 2.05) is 68.4 Å². The van der Waals surface area contributed by atoms with Gasteiger partial charge in [0, 0.05) is 17.0 Å². The van der Waals surface area contributed by atoms with Gasteiger partial charge in [0.05, 0.1) is 24.4 Å². The predicted molar refractivity (Wildman–Crippen MR) is 116 cm³/mol. The number of aliphatic hydroxyl groups is 1. The molecule has 4 rings (SSSR count). The van der Waals surface area contributed by atoms with E-state index in [9.17, 15) is 5.11 Å². The standard InChI is InChI=1S/C22H24N2O2.C2H6/c1-26-16-11-9-15(10-12-16)21-14-18(17-6-2-3-7-19(17)24-21)22(25)20-8-4-5-13-23-20;1-2/h2-3,6-7,9-12,14,20,22-23,25H,4-5,8,13H2,1H3;1-2H3. The van der Waals surface area contributed by atoms with Crippen LogP contribution in [-0.4, -0.2) is 29.8 Å². The lowest BCUT2D eigenvalue weighted by molar-refractivity contribution is 0.115. The Morgan fingerprint density at radius 3 is 2.50 bits per heavy atom. The van der Waals surface area contributed by atoms with Gasteiger partial charge in [-0.2, -0.15) is 0 Å². The number of fused-ring (bicyclic) bond motifs is 1. The predicted octanol–water partition coefficient (Wildman–Crippen LogP) is 5.11. The molecule has 2 unspecified atom stereocenters. The lowest BCUT2D eigenvalue weighted by atomic mass is 9.92. The summed E-state index contributed by atoms with van der Waals surface area (Å²) >= 11 is 0. The second kappa shape index (κ2) is 9.67. The van der Waals surface area contributed by atoms with Crippen LogP contribution in [0.3, 0.4) is 0 Å². The molecule has 0 saturated carbocycles. The quantitative estimate of drug-likeness (QED) is 0.662. The van der Waals surface area contributed by atoms with E-state index in [1.54, 1.807) is 7.11 Å². The van der Waals surface area contributed by atoms with Crippen LogP contribution in [0.5, 0.6) is 5.75 Å². The molecule has 28 heavy (non-hydrogen) atoms. The molecule has 0 radical (unpaired) electrons. The van der Waals surface area contributed by atoms with Crippen LogP contribution in [-0.2, 0) is 0 Å². The summed E-state index contributed by atoms with van der Waals surface area (Å²) in [6, 6.07) is 18.0. The molecule has 4 heteroatoms. The number of benzene rings is 2. The molecule has 0 bridgehead atoms. The first-order valence-corrected chi connectivity index (χ1v) is 10.2. The SMILES string of the molecule is CC.COc1ccc(-c2cc(C(O)C3CCCCN3)c3ccccc3n2)cc1. The number of aromatic nitrogens is 1. The zero-order valence-corrected chi connectivity index (χ0v) is 17.0. The molecule has 0 spiro atoms. The second-order valence-corrected chi connectivity index (χ2v) is 6.84. The number of nitrogens with one attached hydrogen (secondary N) is 1. The molecule has 1 aliphatic heterocycles. The van der Waals surface area contributed by atoms with Crippen molar-refractivity contribution in [2.24, 2.45) is 0 Å². The van der Waals surface area contributed by atoms with Crippen molar-refractivity contribution in [1.82, 2.24) is 10.3 Å². The molecule has 148 valence electrons. The average molecular weight is 379 g/mol. The van der Waals surface area contributed by atoms with Gasteiger partial charge < -0.3 is 15.2 Å². The number of hydrogen-bond acceptors (Lipinski definition) is 4. The van der Waals surface area contributed by atoms with Crippen molar-refractivity contribution in [1.29, 1.82) is 0 Å².